The Morgan fingerprint density at radius 2 is 2.25 bits per heavy atom. The first kappa shape index (κ1) is 13.5. The minimum Gasteiger partial charge on any atom is -0.374 e. The van der Waals surface area contributed by atoms with E-state index < -0.39 is 0 Å². The summed E-state index contributed by atoms with van der Waals surface area (Å²) in [6.45, 7) is 12.0. The molecule has 0 radical (unpaired) electrons. The molecule has 0 heterocycles. The molecule has 0 bridgehead atoms. The van der Waals surface area contributed by atoms with Gasteiger partial charge in [0.25, 0.3) is 0 Å². The summed E-state index contributed by atoms with van der Waals surface area (Å²) in [5.74, 6) is 0.640. The second kappa shape index (κ2) is 5.67. The van der Waals surface area contributed by atoms with E-state index in [0.29, 0.717) is 17.4 Å². The van der Waals surface area contributed by atoms with E-state index in [1.165, 1.54) is 12.0 Å². The van der Waals surface area contributed by atoms with Crippen molar-refractivity contribution in [2.24, 2.45) is 11.3 Å². The van der Waals surface area contributed by atoms with Crippen LogP contribution >= 0.6 is 0 Å². The Morgan fingerprint density at radius 3 is 2.81 bits per heavy atom. The predicted octanol–water partition coefficient (Wildman–Crippen LogP) is 4.35. The third kappa shape index (κ3) is 3.48. The maximum absolute atomic E-state index is 5.88. The molecule has 1 rings (SSSR count). The lowest BCUT2D eigenvalue weighted by Crippen LogP contribution is -2.36. The smallest absolute Gasteiger partial charge is 0.0651 e. The van der Waals surface area contributed by atoms with Crippen molar-refractivity contribution < 1.29 is 4.74 Å². The molecule has 1 aliphatic rings. The van der Waals surface area contributed by atoms with Gasteiger partial charge in [0.2, 0.25) is 0 Å². The molecule has 0 fully saturated rings. The highest BCUT2D eigenvalue weighted by atomic mass is 16.5. The van der Waals surface area contributed by atoms with Gasteiger partial charge in [-0.25, -0.2) is 0 Å². The van der Waals surface area contributed by atoms with Crippen molar-refractivity contribution in [2.45, 2.75) is 53.6 Å². The van der Waals surface area contributed by atoms with Crippen LogP contribution in [0.4, 0.5) is 0 Å². The van der Waals surface area contributed by atoms with Gasteiger partial charge < -0.3 is 4.74 Å². The molecule has 0 spiro atoms. The average Bonchev–Trinajstić information content (AvgIpc) is 2.16. The molecule has 1 heteroatoms. The summed E-state index contributed by atoms with van der Waals surface area (Å²) in [6.07, 6.45) is 9.21. The molecule has 2 atom stereocenters. The maximum Gasteiger partial charge on any atom is 0.0651 e. The van der Waals surface area contributed by atoms with Gasteiger partial charge in [-0.05, 0) is 44.9 Å². The Balaban J connectivity index is 2.58. The predicted molar refractivity (Wildman–Crippen MR) is 70.5 cm³/mol. The summed E-state index contributed by atoms with van der Waals surface area (Å²) in [6, 6.07) is 0. The van der Waals surface area contributed by atoms with Crippen molar-refractivity contribution in [1.82, 2.24) is 0 Å². The van der Waals surface area contributed by atoms with Crippen molar-refractivity contribution in [3.8, 4) is 0 Å². The number of hydrogen-bond acceptors (Lipinski definition) is 1. The first-order valence-corrected chi connectivity index (χ1v) is 6.35. The molecule has 1 nitrogen and oxygen atoms in total. The second-order valence-electron chi connectivity index (χ2n) is 5.67. The van der Waals surface area contributed by atoms with Crippen molar-refractivity contribution in [2.75, 3.05) is 6.61 Å². The van der Waals surface area contributed by atoms with Crippen LogP contribution in [0.2, 0.25) is 0 Å². The van der Waals surface area contributed by atoms with Crippen LogP contribution in [0.1, 0.15) is 47.5 Å². The molecule has 0 aromatic carbocycles. The van der Waals surface area contributed by atoms with Crippen LogP contribution in [0.5, 0.6) is 0 Å². The fourth-order valence-electron chi connectivity index (χ4n) is 2.82. The maximum atomic E-state index is 5.88. The summed E-state index contributed by atoms with van der Waals surface area (Å²) >= 11 is 0. The van der Waals surface area contributed by atoms with E-state index in [2.05, 4.69) is 39.8 Å². The lowest BCUT2D eigenvalue weighted by atomic mass is 9.67. The van der Waals surface area contributed by atoms with Crippen LogP contribution in [0.25, 0.3) is 0 Å². The molecule has 0 aromatic rings. The summed E-state index contributed by atoms with van der Waals surface area (Å²) in [5.41, 5.74) is 1.90. The van der Waals surface area contributed by atoms with Gasteiger partial charge in [0.15, 0.2) is 0 Å². The van der Waals surface area contributed by atoms with E-state index in [0.717, 1.165) is 13.0 Å². The third-order valence-corrected chi connectivity index (χ3v) is 3.72. The molecule has 0 saturated heterocycles. The Labute approximate surface area is 101 Å². The molecule has 0 amide bonds. The highest BCUT2D eigenvalue weighted by molar-refractivity contribution is 5.09. The van der Waals surface area contributed by atoms with Gasteiger partial charge >= 0.3 is 0 Å². The number of ether oxygens (including phenoxy) is 1. The van der Waals surface area contributed by atoms with Crippen LogP contribution in [0.3, 0.4) is 0 Å². The van der Waals surface area contributed by atoms with Crippen LogP contribution in [-0.2, 0) is 4.74 Å². The van der Waals surface area contributed by atoms with Gasteiger partial charge in [-0.15, -0.1) is 0 Å². The molecule has 2 unspecified atom stereocenters. The Morgan fingerprint density at radius 1 is 1.56 bits per heavy atom. The minimum absolute atomic E-state index is 0.343. The molecule has 0 aliphatic heterocycles. The van der Waals surface area contributed by atoms with Gasteiger partial charge in [-0.3, -0.25) is 0 Å². The zero-order valence-corrected chi connectivity index (χ0v) is 11.4. The monoisotopic (exact) mass is 222 g/mol. The number of rotatable bonds is 4. The largest absolute Gasteiger partial charge is 0.374 e. The van der Waals surface area contributed by atoms with Crippen LogP contribution in [-0.4, -0.2) is 12.7 Å². The van der Waals surface area contributed by atoms with E-state index in [1.807, 2.05) is 13.0 Å². The Bertz CT molecular complexity index is 273. The highest BCUT2D eigenvalue weighted by Crippen LogP contribution is 2.42. The number of allylic oxidation sites excluding steroid dienone is 3. The van der Waals surface area contributed by atoms with Gasteiger partial charge in [0, 0.05) is 0 Å². The average molecular weight is 222 g/mol. The Kier molecular flexibility index (Phi) is 4.79. The van der Waals surface area contributed by atoms with Crippen LogP contribution < -0.4 is 0 Å². The zero-order chi connectivity index (χ0) is 12.2. The Hall–Kier alpha value is -0.560. The molecular formula is C15H26O. The van der Waals surface area contributed by atoms with Gasteiger partial charge in [0.05, 0.1) is 12.7 Å². The first-order valence-electron chi connectivity index (χ1n) is 6.35. The van der Waals surface area contributed by atoms with E-state index in [4.69, 9.17) is 4.74 Å². The van der Waals surface area contributed by atoms with Crippen molar-refractivity contribution in [1.29, 1.82) is 0 Å². The highest BCUT2D eigenvalue weighted by Gasteiger charge is 2.35. The molecule has 92 valence electrons. The van der Waals surface area contributed by atoms with Crippen molar-refractivity contribution in [3.63, 3.8) is 0 Å². The minimum atomic E-state index is 0.343. The van der Waals surface area contributed by atoms with Gasteiger partial charge in [-0.2, -0.15) is 0 Å². The summed E-state index contributed by atoms with van der Waals surface area (Å²) < 4.78 is 5.88. The fraction of sp³-hybridized carbons (Fsp3) is 0.733. The molecule has 1 aliphatic carbocycles. The lowest BCUT2D eigenvalue weighted by Gasteiger charge is -2.41. The van der Waals surface area contributed by atoms with Crippen molar-refractivity contribution in [3.05, 3.63) is 23.8 Å². The quantitative estimate of drug-likeness (QED) is 0.643. The van der Waals surface area contributed by atoms with E-state index in [9.17, 15) is 0 Å². The number of hydrogen-bond donors (Lipinski definition) is 0. The molecule has 16 heavy (non-hydrogen) atoms. The van der Waals surface area contributed by atoms with Crippen LogP contribution in [0.15, 0.2) is 23.8 Å². The summed E-state index contributed by atoms with van der Waals surface area (Å²) in [7, 11) is 0. The van der Waals surface area contributed by atoms with E-state index in [1.54, 1.807) is 0 Å². The van der Waals surface area contributed by atoms with Crippen molar-refractivity contribution >= 4 is 0 Å². The van der Waals surface area contributed by atoms with E-state index in [-0.39, 0.29) is 0 Å². The summed E-state index contributed by atoms with van der Waals surface area (Å²) in [4.78, 5) is 0. The molecule has 0 aromatic heterocycles. The SMILES string of the molecule is C/C=C/COC(C)C1CC=C(C)CC1(C)C. The summed E-state index contributed by atoms with van der Waals surface area (Å²) in [5, 5.41) is 0. The van der Waals surface area contributed by atoms with E-state index >= 15 is 0 Å². The van der Waals surface area contributed by atoms with Gasteiger partial charge in [0.1, 0.15) is 0 Å². The first-order chi connectivity index (χ1) is 7.47. The lowest BCUT2D eigenvalue weighted by molar-refractivity contribution is -0.00800. The second-order valence-corrected chi connectivity index (χ2v) is 5.67. The van der Waals surface area contributed by atoms with Gasteiger partial charge in [-0.1, -0.05) is 37.6 Å². The fourth-order valence-corrected chi connectivity index (χ4v) is 2.82. The molecule has 0 N–H and O–H groups in total. The normalized spacial score (nSPS) is 26.8. The third-order valence-electron chi connectivity index (χ3n) is 3.72. The molecular weight excluding hydrogens is 196 g/mol. The topological polar surface area (TPSA) is 9.23 Å². The standard InChI is InChI=1S/C15H26O/c1-6-7-10-16-13(3)14-9-8-12(2)11-15(14,4)5/h6-8,13-14H,9-11H2,1-5H3/b7-6+. The zero-order valence-electron chi connectivity index (χ0n) is 11.4. The molecule has 0 saturated carbocycles. The van der Waals surface area contributed by atoms with Crippen LogP contribution in [0, 0.1) is 11.3 Å².